The third kappa shape index (κ3) is 5.60. The molecule has 3 fully saturated rings. The predicted molar refractivity (Wildman–Crippen MR) is 127 cm³/mol. The maximum Gasteiger partial charge on any atom is 0.410 e. The van der Waals surface area contributed by atoms with Crippen LogP contribution in [0.25, 0.3) is 0 Å². The highest BCUT2D eigenvalue weighted by molar-refractivity contribution is 5.90. The maximum atomic E-state index is 13.5. The van der Waals surface area contributed by atoms with Crippen LogP contribution in [0.4, 0.5) is 4.79 Å². The number of hydrogen-bond acceptors (Lipinski definition) is 7. The van der Waals surface area contributed by atoms with Crippen LogP contribution in [0.5, 0.6) is 0 Å². The molecule has 3 amide bonds. The van der Waals surface area contributed by atoms with Crippen LogP contribution in [0.3, 0.4) is 0 Å². The minimum Gasteiger partial charge on any atom is -0.445 e. The molecule has 192 valence electrons. The van der Waals surface area contributed by atoms with Crippen LogP contribution in [0.1, 0.15) is 43.6 Å². The van der Waals surface area contributed by atoms with Gasteiger partial charge in [0, 0.05) is 26.2 Å². The third-order valence-corrected chi connectivity index (χ3v) is 7.73. The molecule has 3 N–H and O–H groups in total. The van der Waals surface area contributed by atoms with Gasteiger partial charge in [-0.15, -0.1) is 0 Å². The third-order valence-electron chi connectivity index (χ3n) is 7.73. The zero-order chi connectivity index (χ0) is 24.9. The Kier molecular flexibility index (Phi) is 8.25. The summed E-state index contributed by atoms with van der Waals surface area (Å²) in [6.07, 6.45) is 2.24. The molecule has 0 aliphatic carbocycles. The van der Waals surface area contributed by atoms with E-state index in [9.17, 15) is 24.7 Å². The van der Waals surface area contributed by atoms with Crippen molar-refractivity contribution in [2.75, 3.05) is 39.8 Å². The van der Waals surface area contributed by atoms with Crippen LogP contribution in [0.15, 0.2) is 30.3 Å². The number of benzene rings is 1. The molecular formula is C25H36N4O6. The maximum absolute atomic E-state index is 13.5. The number of hydroxylamine groups is 1. The van der Waals surface area contributed by atoms with Crippen LogP contribution in [-0.2, 0) is 14.3 Å². The van der Waals surface area contributed by atoms with Gasteiger partial charge in [-0.05, 0) is 50.6 Å². The van der Waals surface area contributed by atoms with Gasteiger partial charge < -0.3 is 19.6 Å². The Morgan fingerprint density at radius 3 is 2.46 bits per heavy atom. The van der Waals surface area contributed by atoms with Crippen molar-refractivity contribution in [1.82, 2.24) is 20.2 Å². The lowest BCUT2D eigenvalue weighted by atomic mass is 9.85. The van der Waals surface area contributed by atoms with E-state index in [-0.39, 0.29) is 25.0 Å². The van der Waals surface area contributed by atoms with Crippen molar-refractivity contribution in [2.45, 2.75) is 56.2 Å². The second-order valence-corrected chi connectivity index (χ2v) is 9.89. The Balaban J connectivity index is 1.40. The lowest BCUT2D eigenvalue weighted by Gasteiger charge is -2.43. The van der Waals surface area contributed by atoms with E-state index in [1.807, 2.05) is 18.2 Å². The fourth-order valence-electron chi connectivity index (χ4n) is 5.83. The first-order valence-corrected chi connectivity index (χ1v) is 12.5. The molecule has 35 heavy (non-hydrogen) atoms. The number of carbonyl (C=O) groups is 3. The quantitative estimate of drug-likeness (QED) is 0.420. The van der Waals surface area contributed by atoms with Crippen molar-refractivity contribution in [3.05, 3.63) is 35.9 Å². The average Bonchev–Trinajstić information content (AvgIpc) is 3.37. The molecule has 4 atom stereocenters. The van der Waals surface area contributed by atoms with Gasteiger partial charge in [0.2, 0.25) is 11.8 Å². The number of likely N-dealkylation sites (tertiary alicyclic amines) is 3. The molecule has 10 nitrogen and oxygen atoms in total. The molecule has 3 saturated heterocycles. The highest BCUT2D eigenvalue weighted by Gasteiger charge is 2.46. The summed E-state index contributed by atoms with van der Waals surface area (Å²) in [6.45, 7) is 1.91. The van der Waals surface area contributed by atoms with E-state index >= 15 is 0 Å². The van der Waals surface area contributed by atoms with E-state index < -0.39 is 30.1 Å². The zero-order valence-electron chi connectivity index (χ0n) is 20.2. The van der Waals surface area contributed by atoms with Crippen LogP contribution in [0.2, 0.25) is 0 Å². The number of hydrogen-bond donors (Lipinski definition) is 3. The molecule has 4 rings (SSSR count). The topological polar surface area (TPSA) is 123 Å². The summed E-state index contributed by atoms with van der Waals surface area (Å²) >= 11 is 0. The number of carbonyl (C=O) groups excluding carboxylic acids is 3. The Morgan fingerprint density at radius 1 is 1.09 bits per heavy atom. The Labute approximate surface area is 205 Å². The Bertz CT molecular complexity index is 891. The average molecular weight is 489 g/mol. The summed E-state index contributed by atoms with van der Waals surface area (Å²) in [5, 5.41) is 18.9. The van der Waals surface area contributed by atoms with Gasteiger partial charge in [0.25, 0.3) is 0 Å². The second-order valence-electron chi connectivity index (χ2n) is 9.89. The largest absolute Gasteiger partial charge is 0.445 e. The summed E-state index contributed by atoms with van der Waals surface area (Å²) in [7, 11) is 1.74. The van der Waals surface area contributed by atoms with Gasteiger partial charge in [0.15, 0.2) is 0 Å². The van der Waals surface area contributed by atoms with Crippen LogP contribution in [0, 0.1) is 5.92 Å². The fourth-order valence-corrected chi connectivity index (χ4v) is 5.83. The Hall–Kier alpha value is -2.69. The molecule has 3 heterocycles. The lowest BCUT2D eigenvalue weighted by molar-refractivity contribution is -0.152. The number of piperidine rings is 2. The van der Waals surface area contributed by atoms with Gasteiger partial charge in [0.05, 0.1) is 18.6 Å². The van der Waals surface area contributed by atoms with Crippen molar-refractivity contribution in [3.63, 3.8) is 0 Å². The first-order valence-electron chi connectivity index (χ1n) is 12.5. The Morgan fingerprint density at radius 2 is 1.80 bits per heavy atom. The summed E-state index contributed by atoms with van der Waals surface area (Å²) in [6, 6.07) is 9.28. The number of likely N-dealkylation sites (N-methyl/N-ethyl adjacent to an activating group) is 1. The van der Waals surface area contributed by atoms with E-state index in [0.29, 0.717) is 32.1 Å². The first kappa shape index (κ1) is 25.4. The number of nitrogens with zero attached hydrogens (tertiary/aromatic N) is 3. The predicted octanol–water partition coefficient (Wildman–Crippen LogP) is 1.18. The SMILES string of the molecule is CN1C[C@@H](OC(=O)N2CCC[C@H]2CO)C[C@H](C(=O)NO)[C@H]1C(=O)N1CCC(c2ccccc2)CC1. The number of aliphatic hydroxyl groups is 1. The smallest absolute Gasteiger partial charge is 0.410 e. The number of rotatable bonds is 5. The molecule has 0 bridgehead atoms. The summed E-state index contributed by atoms with van der Waals surface area (Å²) in [4.78, 5) is 43.9. The molecule has 1 aromatic carbocycles. The van der Waals surface area contributed by atoms with Crippen molar-refractivity contribution in [1.29, 1.82) is 0 Å². The number of nitrogens with one attached hydrogen (secondary N) is 1. The molecule has 10 heteroatoms. The molecular weight excluding hydrogens is 452 g/mol. The number of ether oxygens (including phenoxy) is 1. The minimum absolute atomic E-state index is 0.118. The van der Waals surface area contributed by atoms with Crippen molar-refractivity contribution >= 4 is 17.9 Å². The summed E-state index contributed by atoms with van der Waals surface area (Å²) < 4.78 is 5.69. The van der Waals surface area contributed by atoms with Crippen molar-refractivity contribution < 1.29 is 29.4 Å². The molecule has 0 aromatic heterocycles. The van der Waals surface area contributed by atoms with E-state index in [0.717, 1.165) is 25.7 Å². The molecule has 0 saturated carbocycles. The molecule has 0 unspecified atom stereocenters. The highest BCUT2D eigenvalue weighted by atomic mass is 16.6. The van der Waals surface area contributed by atoms with Gasteiger partial charge in [0.1, 0.15) is 12.1 Å². The van der Waals surface area contributed by atoms with Gasteiger partial charge in [-0.1, -0.05) is 30.3 Å². The van der Waals surface area contributed by atoms with Gasteiger partial charge in [-0.2, -0.15) is 0 Å². The van der Waals surface area contributed by atoms with Crippen molar-refractivity contribution in [2.24, 2.45) is 5.92 Å². The van der Waals surface area contributed by atoms with Gasteiger partial charge >= 0.3 is 6.09 Å². The minimum atomic E-state index is -0.858. The summed E-state index contributed by atoms with van der Waals surface area (Å²) in [5.74, 6) is -1.26. The number of aliphatic hydroxyl groups excluding tert-OH is 1. The summed E-state index contributed by atoms with van der Waals surface area (Å²) in [5.41, 5.74) is 2.97. The zero-order valence-corrected chi connectivity index (χ0v) is 20.2. The van der Waals surface area contributed by atoms with Gasteiger partial charge in [-0.25, -0.2) is 10.3 Å². The monoisotopic (exact) mass is 488 g/mol. The van der Waals surface area contributed by atoms with Crippen molar-refractivity contribution in [3.8, 4) is 0 Å². The van der Waals surface area contributed by atoms with Crippen LogP contribution in [-0.4, -0.2) is 101 Å². The lowest BCUT2D eigenvalue weighted by Crippen LogP contribution is -2.61. The fraction of sp³-hybridized carbons (Fsp3) is 0.640. The van der Waals surface area contributed by atoms with E-state index in [1.165, 1.54) is 10.5 Å². The second kappa shape index (κ2) is 11.4. The molecule has 3 aliphatic rings. The number of amides is 3. The molecule has 3 aliphatic heterocycles. The molecule has 1 aromatic rings. The van der Waals surface area contributed by atoms with E-state index in [1.54, 1.807) is 22.3 Å². The molecule has 0 radical (unpaired) electrons. The first-order chi connectivity index (χ1) is 16.9. The standard InChI is InChI=1S/C25H36N4O6/c1-27-15-20(35-25(33)29-11-5-8-19(29)16-30)14-21(23(31)26-34)22(27)24(32)28-12-9-18(10-13-28)17-6-3-2-4-7-17/h2-4,6-7,18-22,30,34H,5,8-16H2,1H3,(H,26,31)/t19-,20-,21-,22-/m0/s1. The molecule has 0 spiro atoms. The van der Waals surface area contributed by atoms with Crippen LogP contribution < -0.4 is 5.48 Å². The van der Waals surface area contributed by atoms with Crippen LogP contribution >= 0.6 is 0 Å². The van der Waals surface area contributed by atoms with E-state index in [2.05, 4.69) is 12.1 Å². The van der Waals surface area contributed by atoms with Gasteiger partial charge in [-0.3, -0.25) is 19.7 Å². The highest BCUT2D eigenvalue weighted by Crippen LogP contribution is 2.32. The normalized spacial score (nSPS) is 28.1. The van der Waals surface area contributed by atoms with E-state index in [4.69, 9.17) is 4.74 Å².